The topological polar surface area (TPSA) is 64.3 Å². The summed E-state index contributed by atoms with van der Waals surface area (Å²) in [6, 6.07) is 4.81. The van der Waals surface area contributed by atoms with E-state index in [1.807, 2.05) is 13.8 Å². The third-order valence-corrected chi connectivity index (χ3v) is 3.16. The lowest BCUT2D eigenvalue weighted by molar-refractivity contribution is -0.123. The fourth-order valence-electron chi connectivity index (χ4n) is 1.97. The Morgan fingerprint density at radius 1 is 1.40 bits per heavy atom. The van der Waals surface area contributed by atoms with E-state index < -0.39 is 5.82 Å². The normalized spacial score (nSPS) is 10.7. The first-order valence-corrected chi connectivity index (χ1v) is 7.01. The smallest absolute Gasteiger partial charge is 0.258 e. The van der Waals surface area contributed by atoms with Gasteiger partial charge in [-0.25, -0.2) is 4.39 Å². The molecule has 0 unspecified atom stereocenters. The number of benzene rings is 1. The number of carbonyl (C=O) groups excluding carboxylic acids is 1. The molecule has 0 aromatic heterocycles. The maximum absolute atomic E-state index is 13.7. The van der Waals surface area contributed by atoms with Crippen LogP contribution >= 0.6 is 0 Å². The summed E-state index contributed by atoms with van der Waals surface area (Å²) in [6.07, 6.45) is 2.24. The van der Waals surface area contributed by atoms with Gasteiger partial charge in [-0.05, 0) is 37.4 Å². The number of hydrogen-bond donors (Lipinski definition) is 2. The van der Waals surface area contributed by atoms with Crippen LogP contribution in [-0.4, -0.2) is 25.1 Å². The number of para-hydroxylation sites is 1. The summed E-state index contributed by atoms with van der Waals surface area (Å²) in [5.74, 6) is -0.579. The second-order valence-electron chi connectivity index (χ2n) is 4.64. The molecule has 112 valence electrons. The molecular weight excluding hydrogens is 259 g/mol. The van der Waals surface area contributed by atoms with Gasteiger partial charge in [0.1, 0.15) is 0 Å². The van der Waals surface area contributed by atoms with E-state index in [4.69, 9.17) is 10.5 Å². The molecule has 0 aliphatic carbocycles. The van der Waals surface area contributed by atoms with Gasteiger partial charge in [-0.15, -0.1) is 0 Å². The van der Waals surface area contributed by atoms with Gasteiger partial charge in [0, 0.05) is 6.04 Å². The van der Waals surface area contributed by atoms with Crippen molar-refractivity contribution in [3.05, 3.63) is 29.6 Å². The van der Waals surface area contributed by atoms with Gasteiger partial charge < -0.3 is 15.8 Å². The number of nitrogens with one attached hydrogen (secondary N) is 1. The molecule has 0 radical (unpaired) electrons. The van der Waals surface area contributed by atoms with Crippen LogP contribution in [0.15, 0.2) is 18.2 Å². The van der Waals surface area contributed by atoms with Crippen LogP contribution in [0.25, 0.3) is 0 Å². The number of halogens is 1. The SMILES string of the molecule is CCC(CC)NC(=O)COc1c(F)cccc1CCN. The Morgan fingerprint density at radius 2 is 2.10 bits per heavy atom. The van der Waals surface area contributed by atoms with Gasteiger partial charge >= 0.3 is 0 Å². The molecule has 0 atom stereocenters. The van der Waals surface area contributed by atoms with E-state index in [-0.39, 0.29) is 24.3 Å². The molecule has 0 saturated heterocycles. The maximum atomic E-state index is 13.7. The van der Waals surface area contributed by atoms with Crippen LogP contribution in [-0.2, 0) is 11.2 Å². The van der Waals surface area contributed by atoms with Crippen LogP contribution in [0.2, 0.25) is 0 Å². The monoisotopic (exact) mass is 282 g/mol. The first-order valence-electron chi connectivity index (χ1n) is 7.01. The van der Waals surface area contributed by atoms with Gasteiger partial charge in [0.25, 0.3) is 5.91 Å². The minimum Gasteiger partial charge on any atom is -0.480 e. The Labute approximate surface area is 119 Å². The van der Waals surface area contributed by atoms with Crippen molar-refractivity contribution in [1.82, 2.24) is 5.32 Å². The van der Waals surface area contributed by atoms with Crippen molar-refractivity contribution in [2.24, 2.45) is 5.73 Å². The molecule has 0 heterocycles. The van der Waals surface area contributed by atoms with Crippen molar-refractivity contribution in [2.45, 2.75) is 39.2 Å². The number of nitrogens with two attached hydrogens (primary N) is 1. The highest BCUT2D eigenvalue weighted by atomic mass is 19.1. The van der Waals surface area contributed by atoms with E-state index in [9.17, 15) is 9.18 Å². The standard InChI is InChI=1S/C15H23FN2O2/c1-3-12(4-2)18-14(19)10-20-15-11(8-9-17)6-5-7-13(15)16/h5-7,12H,3-4,8-10,17H2,1-2H3,(H,18,19). The molecule has 1 rings (SSSR count). The van der Waals surface area contributed by atoms with Crippen molar-refractivity contribution in [2.75, 3.05) is 13.2 Å². The third-order valence-electron chi connectivity index (χ3n) is 3.16. The summed E-state index contributed by atoms with van der Waals surface area (Å²) in [4.78, 5) is 11.7. The molecule has 4 nitrogen and oxygen atoms in total. The first-order chi connectivity index (χ1) is 9.62. The molecule has 1 amide bonds. The Kier molecular flexibility index (Phi) is 7.01. The minimum atomic E-state index is -0.466. The number of hydrogen-bond acceptors (Lipinski definition) is 3. The first kappa shape index (κ1) is 16.4. The zero-order valence-electron chi connectivity index (χ0n) is 12.1. The molecule has 0 aliphatic rings. The van der Waals surface area contributed by atoms with Crippen LogP contribution in [0.1, 0.15) is 32.3 Å². The van der Waals surface area contributed by atoms with Gasteiger partial charge in [0.15, 0.2) is 18.2 Å². The maximum Gasteiger partial charge on any atom is 0.258 e. The van der Waals surface area contributed by atoms with E-state index in [1.54, 1.807) is 12.1 Å². The summed E-state index contributed by atoms with van der Waals surface area (Å²) >= 11 is 0. The highest BCUT2D eigenvalue weighted by molar-refractivity contribution is 5.77. The van der Waals surface area contributed by atoms with Crippen LogP contribution in [0.3, 0.4) is 0 Å². The van der Waals surface area contributed by atoms with Crippen molar-refractivity contribution in [1.29, 1.82) is 0 Å². The van der Waals surface area contributed by atoms with E-state index in [1.165, 1.54) is 6.07 Å². The molecule has 0 spiro atoms. The Bertz CT molecular complexity index is 434. The van der Waals surface area contributed by atoms with E-state index in [2.05, 4.69) is 5.32 Å². The lowest BCUT2D eigenvalue weighted by Crippen LogP contribution is -2.37. The molecule has 1 aromatic rings. The highest BCUT2D eigenvalue weighted by Crippen LogP contribution is 2.22. The van der Waals surface area contributed by atoms with Crippen molar-refractivity contribution in [3.63, 3.8) is 0 Å². The number of rotatable bonds is 8. The van der Waals surface area contributed by atoms with Crippen molar-refractivity contribution in [3.8, 4) is 5.75 Å². The number of amides is 1. The van der Waals surface area contributed by atoms with Crippen molar-refractivity contribution < 1.29 is 13.9 Å². The highest BCUT2D eigenvalue weighted by Gasteiger charge is 2.13. The fraction of sp³-hybridized carbons (Fsp3) is 0.533. The summed E-state index contributed by atoms with van der Waals surface area (Å²) < 4.78 is 19.1. The van der Waals surface area contributed by atoms with Crippen LogP contribution in [0.5, 0.6) is 5.75 Å². The Balaban J connectivity index is 2.63. The largest absolute Gasteiger partial charge is 0.480 e. The number of ether oxygens (including phenoxy) is 1. The summed E-state index contributed by atoms with van der Waals surface area (Å²) in [6.45, 7) is 4.23. The molecule has 0 bridgehead atoms. The van der Waals surface area contributed by atoms with Crippen LogP contribution in [0.4, 0.5) is 4.39 Å². The molecule has 0 saturated carbocycles. The summed E-state index contributed by atoms with van der Waals surface area (Å²) in [5.41, 5.74) is 6.16. The predicted octanol–water partition coefficient (Wildman–Crippen LogP) is 2.01. The van der Waals surface area contributed by atoms with Gasteiger partial charge in [0.2, 0.25) is 0 Å². The average molecular weight is 282 g/mol. The second-order valence-corrected chi connectivity index (χ2v) is 4.64. The van der Waals surface area contributed by atoms with Gasteiger partial charge in [-0.3, -0.25) is 4.79 Å². The number of carbonyl (C=O) groups is 1. The summed E-state index contributed by atoms with van der Waals surface area (Å²) in [5, 5.41) is 2.85. The molecule has 20 heavy (non-hydrogen) atoms. The van der Waals surface area contributed by atoms with Crippen molar-refractivity contribution >= 4 is 5.91 Å². The summed E-state index contributed by atoms with van der Waals surface area (Å²) in [7, 11) is 0. The Morgan fingerprint density at radius 3 is 2.70 bits per heavy atom. The average Bonchev–Trinajstić information content (AvgIpc) is 2.44. The molecule has 0 aliphatic heterocycles. The lowest BCUT2D eigenvalue weighted by Gasteiger charge is -2.16. The van der Waals surface area contributed by atoms with E-state index in [0.29, 0.717) is 18.5 Å². The zero-order chi connectivity index (χ0) is 15.0. The molecule has 3 N–H and O–H groups in total. The molecule has 0 fully saturated rings. The molecular formula is C15H23FN2O2. The predicted molar refractivity (Wildman–Crippen MR) is 77.2 cm³/mol. The quantitative estimate of drug-likeness (QED) is 0.766. The fourth-order valence-corrected chi connectivity index (χ4v) is 1.97. The minimum absolute atomic E-state index is 0.123. The van der Waals surface area contributed by atoms with E-state index >= 15 is 0 Å². The van der Waals surface area contributed by atoms with E-state index in [0.717, 1.165) is 12.8 Å². The van der Waals surface area contributed by atoms with Crippen LogP contribution in [0, 0.1) is 5.82 Å². The lowest BCUT2D eigenvalue weighted by atomic mass is 10.1. The Hall–Kier alpha value is -1.62. The molecule has 5 heteroatoms. The van der Waals surface area contributed by atoms with Gasteiger partial charge in [-0.2, -0.15) is 0 Å². The molecule has 1 aromatic carbocycles. The zero-order valence-corrected chi connectivity index (χ0v) is 12.1. The van der Waals surface area contributed by atoms with Crippen LogP contribution < -0.4 is 15.8 Å². The van der Waals surface area contributed by atoms with Gasteiger partial charge in [-0.1, -0.05) is 26.0 Å². The second kappa shape index (κ2) is 8.53. The van der Waals surface area contributed by atoms with Gasteiger partial charge in [0.05, 0.1) is 0 Å². The third kappa shape index (κ3) is 4.81.